The van der Waals surface area contributed by atoms with Crippen LogP contribution in [0.2, 0.25) is 0 Å². The zero-order valence-corrected chi connectivity index (χ0v) is 33.5. The van der Waals surface area contributed by atoms with Gasteiger partial charge in [0.05, 0.1) is 39.8 Å². The van der Waals surface area contributed by atoms with Gasteiger partial charge in [-0.1, -0.05) is 147 Å². The molecule has 3 N–H and O–H groups in total. The van der Waals surface area contributed by atoms with E-state index < -0.39 is 5.97 Å². The number of unbranched alkanes of at least 4 members (excludes halogenated alkanes) is 17. The summed E-state index contributed by atoms with van der Waals surface area (Å²) in [6, 6.07) is 0. The summed E-state index contributed by atoms with van der Waals surface area (Å²) in [6.07, 6.45) is 42.9. The van der Waals surface area contributed by atoms with E-state index in [9.17, 15) is 9.90 Å². The molecular weight excluding hydrogens is 622 g/mol. The molecule has 0 saturated heterocycles. The third-order valence-electron chi connectivity index (χ3n) is 10.9. The molecule has 50 heavy (non-hydrogen) atoms. The number of hydrogen-bond donors (Lipinski definition) is 2. The molecule has 0 saturated carbocycles. The number of hydroxylamine groups is 1. The third-order valence-corrected chi connectivity index (χ3v) is 10.9. The van der Waals surface area contributed by atoms with Crippen LogP contribution < -0.4 is 16.5 Å². The van der Waals surface area contributed by atoms with Gasteiger partial charge in [0.1, 0.15) is 6.54 Å². The van der Waals surface area contributed by atoms with E-state index in [1.54, 1.807) is 0 Å². The van der Waals surface area contributed by atoms with Crippen LogP contribution in [0.3, 0.4) is 0 Å². The molecule has 1 aliphatic carbocycles. The van der Waals surface area contributed by atoms with Gasteiger partial charge >= 0.3 is 0 Å². The van der Waals surface area contributed by atoms with Crippen molar-refractivity contribution in [1.82, 2.24) is 5.48 Å². The molecule has 1 aliphatic rings. The Kier molecular flexibility index (Phi) is 30.3. The fourth-order valence-electron chi connectivity index (χ4n) is 7.89. The fourth-order valence-corrected chi connectivity index (χ4v) is 7.89. The summed E-state index contributed by atoms with van der Waals surface area (Å²) in [4.78, 5) is 21.2. The van der Waals surface area contributed by atoms with Gasteiger partial charge < -0.3 is 24.1 Å². The van der Waals surface area contributed by atoms with Crippen LogP contribution in [0.1, 0.15) is 174 Å². The first-order valence-electron chi connectivity index (χ1n) is 21.4. The van der Waals surface area contributed by atoms with Crippen molar-refractivity contribution in [3.63, 3.8) is 0 Å². The third kappa shape index (κ3) is 25.7. The zero-order chi connectivity index (χ0) is 36.5. The van der Waals surface area contributed by atoms with Crippen molar-refractivity contribution < 1.29 is 24.1 Å². The Morgan fingerprint density at radius 1 is 0.720 bits per heavy atom. The van der Waals surface area contributed by atoms with E-state index in [-0.39, 0.29) is 6.54 Å². The van der Waals surface area contributed by atoms with Crippen molar-refractivity contribution in [2.24, 2.45) is 29.6 Å². The predicted molar refractivity (Wildman–Crippen MR) is 210 cm³/mol. The molecule has 0 aromatic heterocycles. The maximum absolute atomic E-state index is 10.9. The molecule has 294 valence electrons. The van der Waals surface area contributed by atoms with Crippen molar-refractivity contribution in [1.29, 1.82) is 0 Å². The molecule has 7 heteroatoms. The zero-order valence-electron chi connectivity index (χ0n) is 33.5. The summed E-state index contributed by atoms with van der Waals surface area (Å²) in [6.45, 7) is 7.65. The number of likely N-dealkylation sites (N-methyl/N-ethyl adjacent to an activating group) is 1. The van der Waals surface area contributed by atoms with Crippen molar-refractivity contribution in [2.75, 3.05) is 46.9 Å². The standard InChI is InChI=1S/C43H83N3O4/c1-5-7-9-21-28-39-32-33-40(29-22-17-14-16-20-26-37-50-45-34-27-35-46(3,4)38-43(47)48)42(41(39)30-23-10-8-6-2)31-24-18-13-11-12-15-19-25-36-49-44/h24,31-33,39-42,45H,5-23,25-30,34-38,44H2,1-4H3/b31-24-. The van der Waals surface area contributed by atoms with Gasteiger partial charge in [0.15, 0.2) is 0 Å². The highest BCUT2D eigenvalue weighted by Gasteiger charge is 2.33. The van der Waals surface area contributed by atoms with Gasteiger partial charge in [0.2, 0.25) is 0 Å². The number of carbonyl (C=O) groups excluding carboxylic acids is 1. The molecule has 0 aromatic carbocycles. The number of allylic oxidation sites excluding steroid dienone is 4. The Labute approximate surface area is 310 Å². The number of carboxylic acids is 1. The van der Waals surface area contributed by atoms with E-state index in [1.165, 1.54) is 141 Å². The quantitative estimate of drug-likeness (QED) is 0.0292. The highest BCUT2D eigenvalue weighted by atomic mass is 16.6. The van der Waals surface area contributed by atoms with Gasteiger partial charge in [0, 0.05) is 13.0 Å². The van der Waals surface area contributed by atoms with Crippen molar-refractivity contribution in [3.8, 4) is 0 Å². The van der Waals surface area contributed by atoms with Gasteiger partial charge in [-0.3, -0.25) is 0 Å². The molecule has 0 aromatic rings. The molecule has 0 radical (unpaired) electrons. The second-order valence-electron chi connectivity index (χ2n) is 16.1. The van der Waals surface area contributed by atoms with Crippen molar-refractivity contribution in [3.05, 3.63) is 24.3 Å². The van der Waals surface area contributed by atoms with Gasteiger partial charge in [-0.05, 0) is 68.6 Å². The number of hydrogen-bond acceptors (Lipinski definition) is 6. The van der Waals surface area contributed by atoms with Crippen LogP contribution >= 0.6 is 0 Å². The summed E-state index contributed by atoms with van der Waals surface area (Å²) >= 11 is 0. The molecule has 0 aliphatic heterocycles. The molecular formula is C43H83N3O4. The average Bonchev–Trinajstić information content (AvgIpc) is 3.08. The Bertz CT molecular complexity index is 833. The molecule has 0 fully saturated rings. The summed E-state index contributed by atoms with van der Waals surface area (Å²) in [5, 5.41) is 10.9. The minimum absolute atomic E-state index is 0.0452. The average molecular weight is 706 g/mol. The van der Waals surface area contributed by atoms with Gasteiger partial charge in [0.25, 0.3) is 0 Å². The van der Waals surface area contributed by atoms with Crippen molar-refractivity contribution in [2.45, 2.75) is 174 Å². The Balaban J connectivity index is 2.51. The topological polar surface area (TPSA) is 96.6 Å². The molecule has 0 bridgehead atoms. The minimum atomic E-state index is -0.996. The molecule has 0 spiro atoms. The molecule has 4 atom stereocenters. The van der Waals surface area contributed by atoms with Gasteiger partial charge in [-0.25, -0.2) is 11.4 Å². The SMILES string of the molecule is CCCCCCC1C=CC(CCCCCCCCONCCC[N+](C)(C)CC(=O)[O-])C(/C=C\CCCCCCCCON)C1CCCCCC. The number of nitrogens with one attached hydrogen (secondary N) is 1. The fraction of sp³-hybridized carbons (Fsp3) is 0.884. The van der Waals surface area contributed by atoms with Crippen LogP contribution in [-0.2, 0) is 14.5 Å². The van der Waals surface area contributed by atoms with Crippen LogP contribution in [0.4, 0.5) is 0 Å². The number of nitrogens with two attached hydrogens (primary N) is 1. The lowest BCUT2D eigenvalue weighted by atomic mass is 9.66. The number of nitrogens with zero attached hydrogens (tertiary/aromatic N) is 1. The number of carbonyl (C=O) groups is 1. The lowest BCUT2D eigenvalue weighted by Gasteiger charge is -2.39. The minimum Gasteiger partial charge on any atom is -0.544 e. The predicted octanol–water partition coefficient (Wildman–Crippen LogP) is 9.61. The van der Waals surface area contributed by atoms with Crippen LogP contribution in [0, 0.1) is 23.7 Å². The van der Waals surface area contributed by atoms with E-state index in [0.29, 0.717) is 22.9 Å². The van der Waals surface area contributed by atoms with Crippen LogP contribution in [-0.4, -0.2) is 57.4 Å². The number of rotatable bonds is 36. The van der Waals surface area contributed by atoms with Gasteiger partial charge in [-0.15, -0.1) is 0 Å². The van der Waals surface area contributed by atoms with E-state index in [1.807, 2.05) is 14.1 Å². The molecule has 4 unspecified atom stereocenters. The van der Waals surface area contributed by atoms with Crippen LogP contribution in [0.5, 0.6) is 0 Å². The number of quaternary nitrogens is 1. The highest BCUT2D eigenvalue weighted by Crippen LogP contribution is 2.43. The van der Waals surface area contributed by atoms with E-state index in [0.717, 1.165) is 50.8 Å². The summed E-state index contributed by atoms with van der Waals surface area (Å²) in [7, 11) is 3.84. The largest absolute Gasteiger partial charge is 0.544 e. The Morgan fingerprint density at radius 2 is 1.26 bits per heavy atom. The molecule has 1 rings (SSSR count). The smallest absolute Gasteiger partial charge is 0.119 e. The van der Waals surface area contributed by atoms with Gasteiger partial charge in [-0.2, -0.15) is 0 Å². The first kappa shape index (κ1) is 46.8. The second kappa shape index (κ2) is 32.4. The normalized spacial score (nSPS) is 19.5. The Hall–Kier alpha value is -1.25. The van der Waals surface area contributed by atoms with Crippen molar-refractivity contribution >= 4 is 5.97 Å². The lowest BCUT2D eigenvalue weighted by Crippen LogP contribution is -2.49. The number of carboxylic acid groups (broad SMARTS) is 1. The van der Waals surface area contributed by atoms with Crippen LogP contribution in [0.15, 0.2) is 24.3 Å². The van der Waals surface area contributed by atoms with Crippen LogP contribution in [0.25, 0.3) is 0 Å². The summed E-state index contributed by atoms with van der Waals surface area (Å²) < 4.78 is 0.436. The molecule has 0 heterocycles. The highest BCUT2D eigenvalue weighted by molar-refractivity contribution is 5.65. The van der Waals surface area contributed by atoms with E-state index in [4.69, 9.17) is 15.6 Å². The molecule has 0 amide bonds. The second-order valence-corrected chi connectivity index (χ2v) is 16.1. The first-order valence-corrected chi connectivity index (χ1v) is 21.4. The number of aliphatic carboxylic acids is 1. The van der Waals surface area contributed by atoms with E-state index >= 15 is 0 Å². The summed E-state index contributed by atoms with van der Waals surface area (Å²) in [5.74, 6) is 7.13. The molecule has 7 nitrogen and oxygen atoms in total. The lowest BCUT2D eigenvalue weighted by molar-refractivity contribution is -0.884. The first-order chi connectivity index (χ1) is 24.3. The summed E-state index contributed by atoms with van der Waals surface area (Å²) in [5.41, 5.74) is 3.05. The van der Waals surface area contributed by atoms with E-state index in [2.05, 4.69) is 43.6 Å². The monoisotopic (exact) mass is 706 g/mol. The Morgan fingerprint density at radius 3 is 1.90 bits per heavy atom. The maximum atomic E-state index is 10.9. The maximum Gasteiger partial charge on any atom is 0.119 e.